The van der Waals surface area contributed by atoms with E-state index in [9.17, 15) is 10.2 Å². The van der Waals surface area contributed by atoms with Gasteiger partial charge >= 0.3 is 0 Å². The maximum Gasteiger partial charge on any atom is 0.115 e. The molecular weight excluding hydrogens is 500 g/mol. The molecule has 0 aliphatic heterocycles. The van der Waals surface area contributed by atoms with Crippen LogP contribution in [0.25, 0.3) is 0 Å². The van der Waals surface area contributed by atoms with Crippen molar-refractivity contribution in [1.82, 2.24) is 0 Å². The van der Waals surface area contributed by atoms with Crippen LogP contribution in [-0.4, -0.2) is 10.2 Å². The predicted octanol–water partition coefficient (Wildman–Crippen LogP) is 8.66. The summed E-state index contributed by atoms with van der Waals surface area (Å²) in [5, 5.41) is 20.9. The molecule has 0 fully saturated rings. The van der Waals surface area contributed by atoms with E-state index in [2.05, 4.69) is 140 Å². The summed E-state index contributed by atoms with van der Waals surface area (Å²) in [7, 11) is 0. The highest BCUT2D eigenvalue weighted by molar-refractivity contribution is 5.63. The zero-order chi connectivity index (χ0) is 28.1. The topological polar surface area (TPSA) is 40.5 Å². The summed E-state index contributed by atoms with van der Waals surface area (Å²) in [6, 6.07) is 58.1. The van der Waals surface area contributed by atoms with Gasteiger partial charge in [0.15, 0.2) is 0 Å². The Morgan fingerprint density at radius 1 is 0.341 bits per heavy atom. The first-order chi connectivity index (χ1) is 20.1. The highest BCUT2D eigenvalue weighted by atomic mass is 16.3. The van der Waals surface area contributed by atoms with Crippen LogP contribution < -0.4 is 0 Å². The summed E-state index contributed by atoms with van der Waals surface area (Å²) in [5.41, 5.74) is 5.29. The Morgan fingerprint density at radius 2 is 0.659 bits per heavy atom. The fourth-order valence-corrected chi connectivity index (χ4v) is 6.63. The summed E-state index contributed by atoms with van der Waals surface area (Å²) in [5.74, 6) is 0.440. The SMILES string of the molecule is Oc1ccc(C(Cc2ccccc2)(c2ccc(O)cc2)C(c2ccccc2)(c2ccccc2)c2ccccc2)cc1. The highest BCUT2D eigenvalue weighted by Gasteiger charge is 2.56. The molecule has 0 atom stereocenters. The van der Waals surface area contributed by atoms with Gasteiger partial charge in [-0.1, -0.05) is 146 Å². The summed E-state index contributed by atoms with van der Waals surface area (Å²) in [4.78, 5) is 0. The first-order valence-electron chi connectivity index (χ1n) is 13.9. The minimum atomic E-state index is -0.722. The lowest BCUT2D eigenvalue weighted by Crippen LogP contribution is -2.53. The van der Waals surface area contributed by atoms with Crippen LogP contribution in [-0.2, 0) is 17.3 Å². The first kappa shape index (κ1) is 26.2. The Morgan fingerprint density at radius 3 is 1.00 bits per heavy atom. The Hall–Kier alpha value is -5.08. The van der Waals surface area contributed by atoms with Crippen molar-refractivity contribution in [3.8, 4) is 11.5 Å². The number of hydrogen-bond donors (Lipinski definition) is 2. The van der Waals surface area contributed by atoms with Crippen molar-refractivity contribution in [3.05, 3.63) is 203 Å². The fourth-order valence-electron chi connectivity index (χ4n) is 6.63. The Balaban J connectivity index is 1.87. The van der Waals surface area contributed by atoms with E-state index >= 15 is 0 Å². The van der Waals surface area contributed by atoms with Gasteiger partial charge in [-0.3, -0.25) is 0 Å². The molecule has 0 aromatic heterocycles. The van der Waals surface area contributed by atoms with Crippen molar-refractivity contribution in [2.45, 2.75) is 17.3 Å². The van der Waals surface area contributed by atoms with Gasteiger partial charge in [0.1, 0.15) is 11.5 Å². The lowest BCUT2D eigenvalue weighted by Gasteiger charge is -2.53. The third-order valence-corrected chi connectivity index (χ3v) is 8.29. The molecular formula is C39H32O2. The molecule has 0 aliphatic carbocycles. The molecule has 0 amide bonds. The smallest absolute Gasteiger partial charge is 0.115 e. The van der Waals surface area contributed by atoms with Gasteiger partial charge in [-0.25, -0.2) is 0 Å². The third kappa shape index (κ3) is 4.58. The van der Waals surface area contributed by atoms with E-state index in [1.54, 1.807) is 24.3 Å². The largest absolute Gasteiger partial charge is 0.508 e. The number of rotatable bonds is 8. The van der Waals surface area contributed by atoms with Gasteiger partial charge in [-0.15, -0.1) is 0 Å². The van der Waals surface area contributed by atoms with Gasteiger partial charge in [0, 0.05) is 5.41 Å². The zero-order valence-electron chi connectivity index (χ0n) is 22.8. The number of benzene rings is 6. The molecule has 2 nitrogen and oxygen atoms in total. The van der Waals surface area contributed by atoms with Crippen molar-refractivity contribution in [2.24, 2.45) is 0 Å². The second-order valence-electron chi connectivity index (χ2n) is 10.5. The molecule has 2 N–H and O–H groups in total. The van der Waals surface area contributed by atoms with Gasteiger partial charge in [0.05, 0.1) is 5.41 Å². The van der Waals surface area contributed by atoms with Crippen LogP contribution in [0.1, 0.15) is 33.4 Å². The van der Waals surface area contributed by atoms with Crippen molar-refractivity contribution >= 4 is 0 Å². The number of phenolic OH excluding ortho intramolecular Hbond substituents is 2. The minimum Gasteiger partial charge on any atom is -0.508 e. The number of phenols is 2. The van der Waals surface area contributed by atoms with Crippen LogP contribution >= 0.6 is 0 Å². The van der Waals surface area contributed by atoms with Crippen LogP contribution in [0.3, 0.4) is 0 Å². The van der Waals surface area contributed by atoms with Crippen molar-refractivity contribution < 1.29 is 10.2 Å². The standard InChI is InChI=1S/C39H32O2/c40-36-25-21-31(22-26-36)38(29-30-13-5-1-6-14-30,32-23-27-37(41)28-24-32)39(33-15-7-2-8-16-33,34-17-9-3-10-18-34)35-19-11-4-12-20-35/h1-28,40-41H,29H2. The molecule has 0 spiro atoms. The molecule has 6 aromatic carbocycles. The summed E-state index contributed by atoms with van der Waals surface area (Å²) in [6.07, 6.45) is 0.655. The normalized spacial score (nSPS) is 11.7. The van der Waals surface area contributed by atoms with E-state index in [1.165, 1.54) is 5.56 Å². The first-order valence-corrected chi connectivity index (χ1v) is 13.9. The molecule has 0 unspecified atom stereocenters. The van der Waals surface area contributed by atoms with E-state index in [0.29, 0.717) is 6.42 Å². The van der Waals surface area contributed by atoms with Crippen LogP contribution in [0.5, 0.6) is 11.5 Å². The van der Waals surface area contributed by atoms with Gasteiger partial charge in [-0.05, 0) is 64.1 Å². The van der Waals surface area contributed by atoms with Crippen molar-refractivity contribution in [2.75, 3.05) is 0 Å². The molecule has 0 heterocycles. The van der Waals surface area contributed by atoms with Crippen LogP contribution in [0.2, 0.25) is 0 Å². The van der Waals surface area contributed by atoms with Gasteiger partial charge in [0.25, 0.3) is 0 Å². The second kappa shape index (κ2) is 11.2. The lowest BCUT2D eigenvalue weighted by molar-refractivity contribution is 0.352. The molecule has 2 heteroatoms. The van der Waals surface area contributed by atoms with Crippen LogP contribution in [0.4, 0.5) is 0 Å². The van der Waals surface area contributed by atoms with E-state index in [0.717, 1.165) is 27.8 Å². The Bertz CT molecular complexity index is 1540. The van der Waals surface area contributed by atoms with Gasteiger partial charge < -0.3 is 10.2 Å². The maximum absolute atomic E-state index is 10.4. The Labute approximate surface area is 241 Å². The summed E-state index contributed by atoms with van der Waals surface area (Å²) >= 11 is 0. The lowest BCUT2D eigenvalue weighted by atomic mass is 9.47. The zero-order valence-corrected chi connectivity index (χ0v) is 22.8. The fraction of sp³-hybridized carbons (Fsp3) is 0.0769. The summed E-state index contributed by atoms with van der Waals surface area (Å²) in [6.45, 7) is 0. The van der Waals surface area contributed by atoms with Crippen molar-refractivity contribution in [1.29, 1.82) is 0 Å². The monoisotopic (exact) mass is 532 g/mol. The highest BCUT2D eigenvalue weighted by Crippen LogP contribution is 2.58. The molecule has 0 radical (unpaired) electrons. The molecule has 200 valence electrons. The van der Waals surface area contributed by atoms with Gasteiger partial charge in [-0.2, -0.15) is 0 Å². The molecule has 6 aromatic rings. The average Bonchev–Trinajstić information content (AvgIpc) is 3.04. The predicted molar refractivity (Wildman–Crippen MR) is 166 cm³/mol. The van der Waals surface area contributed by atoms with Crippen molar-refractivity contribution in [3.63, 3.8) is 0 Å². The molecule has 0 saturated heterocycles. The maximum atomic E-state index is 10.4. The molecule has 6 rings (SSSR count). The quantitative estimate of drug-likeness (QED) is 0.193. The molecule has 0 bridgehead atoms. The molecule has 41 heavy (non-hydrogen) atoms. The van der Waals surface area contributed by atoms with Crippen LogP contribution in [0.15, 0.2) is 170 Å². The summed E-state index contributed by atoms with van der Waals surface area (Å²) < 4.78 is 0. The van der Waals surface area contributed by atoms with E-state index in [-0.39, 0.29) is 11.5 Å². The molecule has 0 aliphatic rings. The van der Waals surface area contributed by atoms with E-state index in [1.807, 2.05) is 6.07 Å². The third-order valence-electron chi connectivity index (χ3n) is 8.29. The number of aromatic hydroxyl groups is 2. The minimum absolute atomic E-state index is 0.220. The van der Waals surface area contributed by atoms with E-state index in [4.69, 9.17) is 0 Å². The van der Waals surface area contributed by atoms with E-state index < -0.39 is 10.8 Å². The molecule has 0 saturated carbocycles. The number of hydrogen-bond acceptors (Lipinski definition) is 2. The average molecular weight is 533 g/mol. The second-order valence-corrected chi connectivity index (χ2v) is 10.5. The Kier molecular flexibility index (Phi) is 7.14. The van der Waals surface area contributed by atoms with Crippen LogP contribution in [0, 0.1) is 0 Å². The van der Waals surface area contributed by atoms with Gasteiger partial charge in [0.2, 0.25) is 0 Å².